The summed E-state index contributed by atoms with van der Waals surface area (Å²) in [6.07, 6.45) is 0. The van der Waals surface area contributed by atoms with Gasteiger partial charge in [0.05, 0.1) is 5.41 Å². The predicted octanol–water partition coefficient (Wildman–Crippen LogP) is 2.76. The van der Waals surface area contributed by atoms with E-state index in [2.05, 4.69) is 10.6 Å². The highest BCUT2D eigenvalue weighted by Gasteiger charge is 2.29. The van der Waals surface area contributed by atoms with Gasteiger partial charge in [0.25, 0.3) is 0 Å². The first-order valence-electron chi connectivity index (χ1n) is 6.09. The smallest absolute Gasteiger partial charge is 0.230 e. The molecule has 0 bridgehead atoms. The van der Waals surface area contributed by atoms with Gasteiger partial charge in [0, 0.05) is 17.6 Å². The first kappa shape index (κ1) is 18.2. The topological polar surface area (TPSA) is 41.1 Å². The van der Waals surface area contributed by atoms with Crippen LogP contribution < -0.4 is 10.6 Å². The molecule has 1 aromatic carbocycles. The molecule has 0 saturated heterocycles. The van der Waals surface area contributed by atoms with Crippen molar-refractivity contribution < 1.29 is 4.79 Å². The van der Waals surface area contributed by atoms with Crippen LogP contribution in [0.5, 0.6) is 0 Å². The number of rotatable bonds is 5. The first-order valence-corrected chi connectivity index (χ1v) is 6.47. The molecule has 108 valence electrons. The number of carbonyl (C=O) groups excluding carboxylic acids is 1. The van der Waals surface area contributed by atoms with Gasteiger partial charge < -0.3 is 10.6 Å². The minimum Gasteiger partial charge on any atom is -0.354 e. The molecule has 0 spiro atoms. The summed E-state index contributed by atoms with van der Waals surface area (Å²) in [4.78, 5) is 12.2. The Balaban J connectivity index is 0.00000324. The second kappa shape index (κ2) is 7.73. The number of likely N-dealkylation sites (N-methyl/N-ethyl adjacent to an activating group) is 1. The Morgan fingerprint density at radius 2 is 2.05 bits per heavy atom. The Morgan fingerprint density at radius 1 is 1.42 bits per heavy atom. The van der Waals surface area contributed by atoms with Gasteiger partial charge in [0.2, 0.25) is 5.91 Å². The summed E-state index contributed by atoms with van der Waals surface area (Å²) in [5.74, 6) is 0.00636. The number of carbonyl (C=O) groups is 1. The Kier molecular flexibility index (Phi) is 7.42. The quantitative estimate of drug-likeness (QED) is 0.878. The maximum Gasteiger partial charge on any atom is 0.230 e. The molecule has 19 heavy (non-hydrogen) atoms. The third kappa shape index (κ3) is 5.01. The molecule has 0 saturated carbocycles. The van der Waals surface area contributed by atoms with Gasteiger partial charge in [-0.15, -0.1) is 12.4 Å². The molecule has 0 aliphatic rings. The fraction of sp³-hybridized carbons (Fsp3) is 0.500. The number of halogens is 2. The molecule has 0 fully saturated rings. The van der Waals surface area contributed by atoms with E-state index < -0.39 is 5.41 Å². The fourth-order valence-corrected chi connectivity index (χ4v) is 1.77. The molecular formula is C14H22Cl2N2O. The Labute approximate surface area is 126 Å². The van der Waals surface area contributed by atoms with E-state index in [9.17, 15) is 4.79 Å². The molecule has 1 aromatic rings. The first-order chi connectivity index (χ1) is 8.37. The summed E-state index contributed by atoms with van der Waals surface area (Å²) in [5, 5.41) is 6.68. The average molecular weight is 305 g/mol. The van der Waals surface area contributed by atoms with Crippen molar-refractivity contribution in [2.45, 2.75) is 32.2 Å². The summed E-state index contributed by atoms with van der Waals surface area (Å²) >= 11 is 5.96. The van der Waals surface area contributed by atoms with E-state index in [0.29, 0.717) is 11.6 Å². The summed E-state index contributed by atoms with van der Waals surface area (Å²) in [7, 11) is 1.87. The van der Waals surface area contributed by atoms with Gasteiger partial charge >= 0.3 is 0 Å². The van der Waals surface area contributed by atoms with Crippen LogP contribution in [0.2, 0.25) is 5.02 Å². The Morgan fingerprint density at radius 3 is 2.58 bits per heavy atom. The van der Waals surface area contributed by atoms with Crippen molar-refractivity contribution in [3.63, 3.8) is 0 Å². The molecule has 0 aromatic heterocycles. The third-order valence-corrected chi connectivity index (χ3v) is 3.41. The highest BCUT2D eigenvalue weighted by molar-refractivity contribution is 6.30. The van der Waals surface area contributed by atoms with Crippen LogP contribution in [0.4, 0.5) is 0 Å². The van der Waals surface area contributed by atoms with Gasteiger partial charge in [-0.05, 0) is 45.5 Å². The standard InChI is InChI=1S/C14H21ClN2O.ClH/c1-10(16-4)9-17-13(18)14(2,3)11-6-5-7-12(15)8-11;/h5-8,10,16H,9H2,1-4H3,(H,17,18);1H. The van der Waals surface area contributed by atoms with Crippen LogP contribution in [0, 0.1) is 0 Å². The van der Waals surface area contributed by atoms with Crippen molar-refractivity contribution in [1.82, 2.24) is 10.6 Å². The van der Waals surface area contributed by atoms with E-state index in [1.807, 2.05) is 52.1 Å². The summed E-state index contributed by atoms with van der Waals surface area (Å²) in [6, 6.07) is 7.68. The van der Waals surface area contributed by atoms with Crippen LogP contribution in [0.3, 0.4) is 0 Å². The van der Waals surface area contributed by atoms with E-state index in [0.717, 1.165) is 5.56 Å². The highest BCUT2D eigenvalue weighted by Crippen LogP contribution is 2.25. The van der Waals surface area contributed by atoms with Crippen molar-refractivity contribution in [3.05, 3.63) is 34.9 Å². The van der Waals surface area contributed by atoms with Gasteiger partial charge in [-0.3, -0.25) is 4.79 Å². The van der Waals surface area contributed by atoms with Gasteiger partial charge in [0.1, 0.15) is 0 Å². The van der Waals surface area contributed by atoms with Crippen molar-refractivity contribution in [2.24, 2.45) is 0 Å². The van der Waals surface area contributed by atoms with Gasteiger partial charge in [-0.2, -0.15) is 0 Å². The number of benzene rings is 1. The van der Waals surface area contributed by atoms with E-state index in [1.54, 1.807) is 0 Å². The lowest BCUT2D eigenvalue weighted by atomic mass is 9.83. The SMILES string of the molecule is CNC(C)CNC(=O)C(C)(C)c1cccc(Cl)c1.Cl. The zero-order valence-corrected chi connectivity index (χ0v) is 13.4. The van der Waals surface area contributed by atoms with Crippen molar-refractivity contribution in [1.29, 1.82) is 0 Å². The number of nitrogens with one attached hydrogen (secondary N) is 2. The monoisotopic (exact) mass is 304 g/mol. The third-order valence-electron chi connectivity index (χ3n) is 3.18. The molecule has 3 nitrogen and oxygen atoms in total. The fourth-order valence-electron chi connectivity index (χ4n) is 1.58. The average Bonchev–Trinajstić information content (AvgIpc) is 2.35. The summed E-state index contributed by atoms with van der Waals surface area (Å²) in [5.41, 5.74) is 0.336. The number of hydrogen-bond acceptors (Lipinski definition) is 2. The molecule has 0 radical (unpaired) electrons. The molecule has 1 atom stereocenters. The Bertz CT molecular complexity index is 422. The predicted molar refractivity (Wildman–Crippen MR) is 83.3 cm³/mol. The van der Waals surface area contributed by atoms with Crippen molar-refractivity contribution in [3.8, 4) is 0 Å². The van der Waals surface area contributed by atoms with E-state index in [4.69, 9.17) is 11.6 Å². The van der Waals surface area contributed by atoms with E-state index in [1.165, 1.54) is 0 Å². The minimum atomic E-state index is -0.585. The van der Waals surface area contributed by atoms with Gasteiger partial charge in [-0.25, -0.2) is 0 Å². The van der Waals surface area contributed by atoms with E-state index >= 15 is 0 Å². The highest BCUT2D eigenvalue weighted by atomic mass is 35.5. The molecule has 2 N–H and O–H groups in total. The summed E-state index contributed by atoms with van der Waals surface area (Å²) in [6.45, 7) is 6.43. The largest absolute Gasteiger partial charge is 0.354 e. The van der Waals surface area contributed by atoms with Gasteiger partial charge in [0.15, 0.2) is 0 Å². The summed E-state index contributed by atoms with van der Waals surface area (Å²) < 4.78 is 0. The normalized spacial score (nSPS) is 12.5. The number of amides is 1. The molecule has 1 unspecified atom stereocenters. The molecular weight excluding hydrogens is 283 g/mol. The van der Waals surface area contributed by atoms with Crippen LogP contribution in [-0.2, 0) is 10.2 Å². The molecule has 5 heteroatoms. The van der Waals surface area contributed by atoms with Crippen LogP contribution in [0.25, 0.3) is 0 Å². The second-order valence-electron chi connectivity index (χ2n) is 5.04. The zero-order valence-electron chi connectivity index (χ0n) is 11.8. The molecule has 0 aliphatic carbocycles. The minimum absolute atomic E-state index is 0. The van der Waals surface area contributed by atoms with Crippen molar-refractivity contribution >= 4 is 29.9 Å². The maximum atomic E-state index is 12.2. The van der Waals surface area contributed by atoms with Crippen LogP contribution in [0.15, 0.2) is 24.3 Å². The molecule has 0 aliphatic heterocycles. The lowest BCUT2D eigenvalue weighted by Gasteiger charge is -2.25. The van der Waals surface area contributed by atoms with E-state index in [-0.39, 0.29) is 24.4 Å². The second-order valence-corrected chi connectivity index (χ2v) is 5.47. The molecule has 0 heterocycles. The van der Waals surface area contributed by atoms with Gasteiger partial charge in [-0.1, -0.05) is 23.7 Å². The molecule has 1 rings (SSSR count). The maximum absolute atomic E-state index is 12.2. The van der Waals surface area contributed by atoms with Crippen LogP contribution >= 0.6 is 24.0 Å². The van der Waals surface area contributed by atoms with Crippen LogP contribution in [0.1, 0.15) is 26.3 Å². The van der Waals surface area contributed by atoms with Crippen molar-refractivity contribution in [2.75, 3.05) is 13.6 Å². The zero-order chi connectivity index (χ0) is 13.8. The van der Waals surface area contributed by atoms with Crippen LogP contribution in [-0.4, -0.2) is 25.5 Å². The lowest BCUT2D eigenvalue weighted by Crippen LogP contribution is -2.45. The molecule has 1 amide bonds. The number of hydrogen-bond donors (Lipinski definition) is 2. The lowest BCUT2D eigenvalue weighted by molar-refractivity contribution is -0.125. The Hall–Kier alpha value is -0.770.